The molecule has 0 aliphatic rings. The standard InChI is InChI=1S/C17H28N2O/c1-4-5-13-18-17(20)15(3)19-14(2)11-12-16-9-7-6-8-10-16/h6-10,14-15,19H,4-5,11-13H2,1-3H3,(H,18,20). The summed E-state index contributed by atoms with van der Waals surface area (Å²) in [4.78, 5) is 11.9. The van der Waals surface area contributed by atoms with Crippen molar-refractivity contribution in [3.8, 4) is 0 Å². The number of unbranched alkanes of at least 4 members (excludes halogenated alkanes) is 1. The van der Waals surface area contributed by atoms with Crippen molar-refractivity contribution in [2.45, 2.75) is 58.5 Å². The Kier molecular flexibility index (Phi) is 7.97. The zero-order valence-electron chi connectivity index (χ0n) is 13.0. The van der Waals surface area contributed by atoms with E-state index in [0.29, 0.717) is 6.04 Å². The molecule has 2 N–H and O–H groups in total. The van der Waals surface area contributed by atoms with E-state index in [-0.39, 0.29) is 11.9 Å². The van der Waals surface area contributed by atoms with Crippen LogP contribution in [0.25, 0.3) is 0 Å². The summed E-state index contributed by atoms with van der Waals surface area (Å²) in [6, 6.07) is 10.7. The molecule has 2 unspecified atom stereocenters. The first-order valence-corrected chi connectivity index (χ1v) is 7.71. The third kappa shape index (κ3) is 6.71. The van der Waals surface area contributed by atoms with Gasteiger partial charge in [-0.1, -0.05) is 43.7 Å². The normalized spacial score (nSPS) is 13.8. The van der Waals surface area contributed by atoms with Crippen LogP contribution >= 0.6 is 0 Å². The van der Waals surface area contributed by atoms with Crippen LogP contribution in [-0.4, -0.2) is 24.5 Å². The summed E-state index contributed by atoms with van der Waals surface area (Å²) in [6.07, 6.45) is 4.23. The lowest BCUT2D eigenvalue weighted by atomic mass is 10.1. The summed E-state index contributed by atoms with van der Waals surface area (Å²) < 4.78 is 0. The summed E-state index contributed by atoms with van der Waals surface area (Å²) >= 11 is 0. The van der Waals surface area contributed by atoms with Crippen LogP contribution in [0.15, 0.2) is 30.3 Å². The van der Waals surface area contributed by atoms with Gasteiger partial charge in [0.1, 0.15) is 0 Å². The zero-order valence-corrected chi connectivity index (χ0v) is 13.0. The molecule has 3 heteroatoms. The van der Waals surface area contributed by atoms with Gasteiger partial charge in [-0.15, -0.1) is 0 Å². The Bertz CT molecular complexity index is 378. The van der Waals surface area contributed by atoms with Crippen molar-refractivity contribution >= 4 is 5.91 Å². The van der Waals surface area contributed by atoms with Crippen LogP contribution in [0.2, 0.25) is 0 Å². The summed E-state index contributed by atoms with van der Waals surface area (Å²) in [5, 5.41) is 6.33. The molecular weight excluding hydrogens is 248 g/mol. The van der Waals surface area contributed by atoms with E-state index in [1.54, 1.807) is 0 Å². The molecule has 0 saturated carbocycles. The first-order chi connectivity index (χ1) is 9.63. The van der Waals surface area contributed by atoms with Crippen molar-refractivity contribution in [2.75, 3.05) is 6.54 Å². The Morgan fingerprint density at radius 1 is 1.20 bits per heavy atom. The molecule has 20 heavy (non-hydrogen) atoms. The van der Waals surface area contributed by atoms with Gasteiger partial charge in [-0.3, -0.25) is 4.79 Å². The van der Waals surface area contributed by atoms with Gasteiger partial charge in [0.05, 0.1) is 6.04 Å². The molecule has 0 radical (unpaired) electrons. The van der Waals surface area contributed by atoms with Gasteiger partial charge in [-0.25, -0.2) is 0 Å². The lowest BCUT2D eigenvalue weighted by Gasteiger charge is -2.19. The lowest BCUT2D eigenvalue weighted by molar-refractivity contribution is -0.122. The van der Waals surface area contributed by atoms with Crippen LogP contribution < -0.4 is 10.6 Å². The first kappa shape index (κ1) is 16.7. The molecular formula is C17H28N2O. The molecule has 1 amide bonds. The summed E-state index contributed by atoms with van der Waals surface area (Å²) in [7, 11) is 0. The fourth-order valence-corrected chi connectivity index (χ4v) is 2.16. The van der Waals surface area contributed by atoms with Gasteiger partial charge in [0, 0.05) is 12.6 Å². The van der Waals surface area contributed by atoms with Crippen LogP contribution in [0.4, 0.5) is 0 Å². The van der Waals surface area contributed by atoms with E-state index in [9.17, 15) is 4.79 Å². The van der Waals surface area contributed by atoms with Gasteiger partial charge in [0.2, 0.25) is 5.91 Å². The van der Waals surface area contributed by atoms with E-state index < -0.39 is 0 Å². The number of rotatable bonds is 9. The Labute approximate surface area is 123 Å². The molecule has 0 bridgehead atoms. The fraction of sp³-hybridized carbons (Fsp3) is 0.588. The topological polar surface area (TPSA) is 41.1 Å². The van der Waals surface area contributed by atoms with Crippen molar-refractivity contribution in [1.29, 1.82) is 0 Å². The number of carbonyl (C=O) groups excluding carboxylic acids is 1. The van der Waals surface area contributed by atoms with Crippen LogP contribution in [0.3, 0.4) is 0 Å². The molecule has 112 valence electrons. The molecule has 1 aromatic rings. The highest BCUT2D eigenvalue weighted by molar-refractivity contribution is 5.81. The van der Waals surface area contributed by atoms with Crippen molar-refractivity contribution in [1.82, 2.24) is 10.6 Å². The molecule has 0 aromatic heterocycles. The molecule has 1 rings (SSSR count). The second kappa shape index (κ2) is 9.54. The molecule has 0 aliphatic carbocycles. The number of amides is 1. The average Bonchev–Trinajstić information content (AvgIpc) is 2.46. The second-order valence-electron chi connectivity index (χ2n) is 5.46. The molecule has 0 spiro atoms. The van der Waals surface area contributed by atoms with Gasteiger partial charge in [-0.2, -0.15) is 0 Å². The summed E-state index contributed by atoms with van der Waals surface area (Å²) in [5.74, 6) is 0.102. The lowest BCUT2D eigenvalue weighted by Crippen LogP contribution is -2.46. The molecule has 0 saturated heterocycles. The van der Waals surface area contributed by atoms with Gasteiger partial charge in [-0.05, 0) is 38.7 Å². The van der Waals surface area contributed by atoms with Crippen LogP contribution in [0.1, 0.15) is 45.6 Å². The largest absolute Gasteiger partial charge is 0.355 e. The quantitative estimate of drug-likeness (QED) is 0.681. The van der Waals surface area contributed by atoms with E-state index >= 15 is 0 Å². The van der Waals surface area contributed by atoms with E-state index in [1.165, 1.54) is 5.56 Å². The van der Waals surface area contributed by atoms with E-state index in [2.05, 4.69) is 48.7 Å². The monoisotopic (exact) mass is 276 g/mol. The maximum atomic E-state index is 11.9. The average molecular weight is 276 g/mol. The highest BCUT2D eigenvalue weighted by Crippen LogP contribution is 2.05. The number of nitrogens with one attached hydrogen (secondary N) is 2. The van der Waals surface area contributed by atoms with Crippen molar-refractivity contribution < 1.29 is 4.79 Å². The van der Waals surface area contributed by atoms with Gasteiger partial charge < -0.3 is 10.6 Å². The van der Waals surface area contributed by atoms with Gasteiger partial charge in [0.25, 0.3) is 0 Å². The zero-order chi connectivity index (χ0) is 14.8. The maximum Gasteiger partial charge on any atom is 0.236 e. The smallest absolute Gasteiger partial charge is 0.236 e. The number of hydrogen-bond donors (Lipinski definition) is 2. The van der Waals surface area contributed by atoms with E-state index in [1.807, 2.05) is 13.0 Å². The second-order valence-corrected chi connectivity index (χ2v) is 5.46. The number of hydrogen-bond acceptors (Lipinski definition) is 2. The third-order valence-electron chi connectivity index (χ3n) is 3.47. The minimum Gasteiger partial charge on any atom is -0.355 e. The molecule has 0 heterocycles. The summed E-state index contributed by atoms with van der Waals surface area (Å²) in [5.41, 5.74) is 1.35. The predicted octanol–water partition coefficient (Wildman–Crippen LogP) is 2.90. The fourth-order valence-electron chi connectivity index (χ4n) is 2.16. The third-order valence-corrected chi connectivity index (χ3v) is 3.47. The molecule has 3 nitrogen and oxygen atoms in total. The van der Waals surface area contributed by atoms with E-state index in [0.717, 1.165) is 32.2 Å². The number of aryl methyl sites for hydroxylation is 1. The number of carbonyl (C=O) groups is 1. The predicted molar refractivity (Wildman–Crippen MR) is 84.7 cm³/mol. The molecule has 0 aliphatic heterocycles. The highest BCUT2D eigenvalue weighted by Gasteiger charge is 2.14. The van der Waals surface area contributed by atoms with Crippen LogP contribution in [-0.2, 0) is 11.2 Å². The Morgan fingerprint density at radius 2 is 1.90 bits per heavy atom. The molecule has 2 atom stereocenters. The Balaban J connectivity index is 2.23. The van der Waals surface area contributed by atoms with Crippen molar-refractivity contribution in [3.63, 3.8) is 0 Å². The van der Waals surface area contributed by atoms with Crippen LogP contribution in [0.5, 0.6) is 0 Å². The highest BCUT2D eigenvalue weighted by atomic mass is 16.2. The summed E-state index contributed by atoms with van der Waals surface area (Å²) in [6.45, 7) is 6.97. The minimum absolute atomic E-state index is 0.102. The minimum atomic E-state index is -0.127. The number of benzene rings is 1. The molecule has 1 aromatic carbocycles. The van der Waals surface area contributed by atoms with Crippen molar-refractivity contribution in [3.05, 3.63) is 35.9 Å². The Morgan fingerprint density at radius 3 is 2.55 bits per heavy atom. The molecule has 0 fully saturated rings. The van der Waals surface area contributed by atoms with Gasteiger partial charge in [0.15, 0.2) is 0 Å². The first-order valence-electron chi connectivity index (χ1n) is 7.71. The Hall–Kier alpha value is -1.35. The SMILES string of the molecule is CCCCNC(=O)C(C)NC(C)CCc1ccccc1. The maximum absolute atomic E-state index is 11.9. The van der Waals surface area contributed by atoms with Crippen molar-refractivity contribution in [2.24, 2.45) is 0 Å². The van der Waals surface area contributed by atoms with E-state index in [4.69, 9.17) is 0 Å². The van der Waals surface area contributed by atoms with Gasteiger partial charge >= 0.3 is 0 Å². The van der Waals surface area contributed by atoms with Crippen LogP contribution in [0, 0.1) is 0 Å².